The van der Waals surface area contributed by atoms with Crippen LogP contribution in [0.4, 0.5) is 0 Å². The van der Waals surface area contributed by atoms with Crippen LogP contribution < -0.4 is 5.73 Å². The largest absolute Gasteiger partial charge is 0.388 e. The Morgan fingerprint density at radius 1 is 0.452 bits per heavy atom. The van der Waals surface area contributed by atoms with Gasteiger partial charge in [0, 0.05) is 7.11 Å². The van der Waals surface area contributed by atoms with E-state index in [0.717, 1.165) is 0 Å². The summed E-state index contributed by atoms with van der Waals surface area (Å²) in [5, 5.41) is 85.1. The van der Waals surface area contributed by atoms with Crippen LogP contribution in [0.3, 0.4) is 0 Å². The first-order chi connectivity index (χ1) is 19.7. The lowest BCUT2D eigenvalue weighted by Gasteiger charge is -2.48. The molecule has 42 heavy (non-hydrogen) atoms. The van der Waals surface area contributed by atoms with Crippen LogP contribution in [0.5, 0.6) is 0 Å². The van der Waals surface area contributed by atoms with Gasteiger partial charge in [0.05, 0.1) is 30.5 Å². The maximum atomic E-state index is 11.2. The van der Waals surface area contributed by atoms with Gasteiger partial charge < -0.3 is 84.5 Å². The first-order valence-electron chi connectivity index (χ1n) is 14.0. The van der Waals surface area contributed by atoms with Gasteiger partial charge in [-0.1, -0.05) is 0 Å². The van der Waals surface area contributed by atoms with Crippen molar-refractivity contribution in [1.82, 2.24) is 0 Å². The van der Waals surface area contributed by atoms with Crippen molar-refractivity contribution in [1.29, 1.82) is 0 Å². The van der Waals surface area contributed by atoms with Gasteiger partial charge in [0.1, 0.15) is 67.1 Å². The third-order valence-corrected chi connectivity index (χ3v) is 8.40. The van der Waals surface area contributed by atoms with Crippen LogP contribution in [-0.2, 0) is 37.9 Å². The van der Waals surface area contributed by atoms with E-state index in [1.54, 1.807) is 6.92 Å². The Morgan fingerprint density at radius 3 is 1.38 bits per heavy atom. The summed E-state index contributed by atoms with van der Waals surface area (Å²) in [6.07, 6.45) is -25.7. The van der Waals surface area contributed by atoms with Crippen molar-refractivity contribution in [2.45, 2.75) is 150 Å². The van der Waals surface area contributed by atoms with E-state index in [2.05, 4.69) is 0 Å². The fourth-order valence-electron chi connectivity index (χ4n) is 5.57. The lowest BCUT2D eigenvalue weighted by atomic mass is 9.95. The van der Waals surface area contributed by atoms with Crippen LogP contribution in [0.15, 0.2) is 0 Å². The van der Waals surface area contributed by atoms with E-state index in [1.165, 1.54) is 27.9 Å². The molecule has 4 aliphatic rings. The predicted octanol–water partition coefficient (Wildman–Crippen LogP) is -5.02. The lowest BCUT2D eigenvalue weighted by Crippen LogP contribution is -2.67. The smallest absolute Gasteiger partial charge is 0.187 e. The van der Waals surface area contributed by atoms with Crippen LogP contribution in [0.2, 0.25) is 0 Å². The van der Waals surface area contributed by atoms with Crippen LogP contribution in [-0.4, -0.2) is 171 Å². The summed E-state index contributed by atoms with van der Waals surface area (Å²) < 4.78 is 44.7. The van der Waals surface area contributed by atoms with Crippen LogP contribution >= 0.6 is 0 Å². The minimum Gasteiger partial charge on any atom is -0.388 e. The summed E-state index contributed by atoms with van der Waals surface area (Å²) in [5.74, 6) is 0. The van der Waals surface area contributed by atoms with Crippen molar-refractivity contribution in [2.24, 2.45) is 5.73 Å². The van der Waals surface area contributed by atoms with E-state index in [1.807, 2.05) is 0 Å². The minimum absolute atomic E-state index is 0.656. The zero-order valence-electron chi connectivity index (χ0n) is 24.0. The molecule has 4 heterocycles. The maximum absolute atomic E-state index is 11.2. The number of aliphatic hydroxyl groups excluding tert-OH is 8. The number of aliphatic hydroxyl groups is 8. The average Bonchev–Trinajstić information content (AvgIpc) is 2.94. The van der Waals surface area contributed by atoms with E-state index < -0.39 is 123 Å². The third kappa shape index (κ3) is 6.63. The van der Waals surface area contributed by atoms with Gasteiger partial charge >= 0.3 is 0 Å². The van der Waals surface area contributed by atoms with Gasteiger partial charge in [-0.05, 0) is 27.7 Å². The number of rotatable bonds is 7. The van der Waals surface area contributed by atoms with E-state index in [-0.39, 0.29) is 0 Å². The predicted molar refractivity (Wildman–Crippen MR) is 135 cm³/mol. The van der Waals surface area contributed by atoms with Gasteiger partial charge in [0.15, 0.2) is 25.2 Å². The molecule has 0 aromatic heterocycles. The molecular formula is C25H45NO16. The molecule has 0 unspecified atom stereocenters. The van der Waals surface area contributed by atoms with Gasteiger partial charge in [-0.15, -0.1) is 0 Å². The van der Waals surface area contributed by atoms with Gasteiger partial charge in [0.25, 0.3) is 0 Å². The highest BCUT2D eigenvalue weighted by atomic mass is 16.8. The molecule has 0 aromatic carbocycles. The Bertz CT molecular complexity index is 874. The SMILES string of the molecule is CO[C@@H]1[C@@H](O[C@@H]2[C@@H](O)[C@H](C)O[C@@H](O[C@@H]3[C@@H](O)[C@H](C)O[C@@H](O[C@@H]4[C@H](O)[C@@H](O)[C@H](C)O[C@@H]4O)[C@@H]3O)[C@@H]2O)O[C@@H](C)[C@H](N)[C@H]1O. The molecule has 4 fully saturated rings. The molecule has 10 N–H and O–H groups in total. The highest BCUT2D eigenvalue weighted by molar-refractivity contribution is 4.97. The Labute approximate surface area is 242 Å². The molecule has 0 amide bonds. The van der Waals surface area contributed by atoms with Crippen LogP contribution in [0.25, 0.3) is 0 Å². The number of methoxy groups -OCH3 is 1. The van der Waals surface area contributed by atoms with E-state index in [4.69, 9.17) is 43.6 Å². The lowest BCUT2D eigenvalue weighted by molar-refractivity contribution is -0.385. The van der Waals surface area contributed by atoms with Crippen LogP contribution in [0, 0.1) is 0 Å². The third-order valence-electron chi connectivity index (χ3n) is 8.40. The summed E-state index contributed by atoms with van der Waals surface area (Å²) in [6, 6.07) is -0.781. The molecule has 20 atom stereocenters. The summed E-state index contributed by atoms with van der Waals surface area (Å²) >= 11 is 0. The molecule has 17 nitrogen and oxygen atoms in total. The molecule has 0 saturated carbocycles. The highest BCUT2D eigenvalue weighted by Crippen LogP contribution is 2.34. The van der Waals surface area contributed by atoms with Crippen molar-refractivity contribution >= 4 is 0 Å². The molecule has 4 rings (SSSR count). The second-order valence-electron chi connectivity index (χ2n) is 11.4. The normalized spacial score (nSPS) is 55.9. The summed E-state index contributed by atoms with van der Waals surface area (Å²) in [5.41, 5.74) is 5.96. The van der Waals surface area contributed by atoms with Crippen molar-refractivity contribution in [3.8, 4) is 0 Å². The second kappa shape index (κ2) is 13.8. The Morgan fingerprint density at radius 2 is 0.881 bits per heavy atom. The Hall–Kier alpha value is -0.680. The summed E-state index contributed by atoms with van der Waals surface area (Å²) in [6.45, 7) is 5.99. The molecular weight excluding hydrogens is 570 g/mol. The van der Waals surface area contributed by atoms with Crippen LogP contribution in [0.1, 0.15) is 27.7 Å². The summed E-state index contributed by atoms with van der Waals surface area (Å²) in [4.78, 5) is 0. The molecule has 0 aromatic rings. The maximum Gasteiger partial charge on any atom is 0.187 e. The number of hydrogen-bond donors (Lipinski definition) is 9. The number of hydrogen-bond acceptors (Lipinski definition) is 17. The Balaban J connectivity index is 1.48. The first-order valence-corrected chi connectivity index (χ1v) is 14.0. The zero-order valence-corrected chi connectivity index (χ0v) is 24.0. The average molecular weight is 616 g/mol. The monoisotopic (exact) mass is 615 g/mol. The van der Waals surface area contributed by atoms with Gasteiger partial charge in [0.2, 0.25) is 0 Å². The molecule has 0 radical (unpaired) electrons. The van der Waals surface area contributed by atoms with E-state index >= 15 is 0 Å². The zero-order chi connectivity index (χ0) is 31.2. The van der Waals surface area contributed by atoms with Crippen molar-refractivity contribution in [2.75, 3.05) is 7.11 Å². The molecule has 0 spiro atoms. The molecule has 4 aliphatic heterocycles. The fraction of sp³-hybridized carbons (Fsp3) is 1.00. The van der Waals surface area contributed by atoms with E-state index in [0.29, 0.717) is 0 Å². The second-order valence-corrected chi connectivity index (χ2v) is 11.4. The van der Waals surface area contributed by atoms with Crippen molar-refractivity contribution < 1.29 is 78.7 Å². The van der Waals surface area contributed by atoms with Crippen molar-refractivity contribution in [3.05, 3.63) is 0 Å². The molecule has 246 valence electrons. The Kier molecular flexibility index (Phi) is 11.2. The molecule has 17 heteroatoms. The molecule has 0 bridgehead atoms. The quantitative estimate of drug-likeness (QED) is 0.130. The topological polar surface area (TPSA) is 262 Å². The standard InChI is InChI=1S/C25H45NO16/c1-6-10(26)14(30)21(35-5)25(37-6)41-19-13(29)9(4)38-23(17(19)33)40-18-12(28)8(3)39-24(16(18)32)42-20-15(31)11(27)7(2)36-22(20)34/h6-25,27-34H,26H2,1-5H3/t6-,7-,8-,9-,10-,11-,12-,13-,14+,15+,16+,17+,18+,19+,20+,21-,22-,23-,24-,25+/m0/s1. The molecule has 0 aliphatic carbocycles. The minimum atomic E-state index is -1.76. The van der Waals surface area contributed by atoms with E-state index in [9.17, 15) is 40.9 Å². The fourth-order valence-corrected chi connectivity index (χ4v) is 5.57. The highest BCUT2D eigenvalue weighted by Gasteiger charge is 2.54. The summed E-state index contributed by atoms with van der Waals surface area (Å²) in [7, 11) is 1.31. The van der Waals surface area contributed by atoms with Gasteiger partial charge in [-0.2, -0.15) is 0 Å². The van der Waals surface area contributed by atoms with Crippen molar-refractivity contribution in [3.63, 3.8) is 0 Å². The number of ether oxygens (including phenoxy) is 8. The first kappa shape index (κ1) is 34.2. The van der Waals surface area contributed by atoms with Gasteiger partial charge in [-0.25, -0.2) is 0 Å². The number of nitrogens with two attached hydrogens (primary N) is 1. The molecule has 4 saturated heterocycles. The van der Waals surface area contributed by atoms with Gasteiger partial charge in [-0.3, -0.25) is 0 Å².